The van der Waals surface area contributed by atoms with Crippen LogP contribution in [0.5, 0.6) is 5.75 Å². The Morgan fingerprint density at radius 3 is 2.36 bits per heavy atom. The van der Waals surface area contributed by atoms with E-state index < -0.39 is 17.6 Å². The van der Waals surface area contributed by atoms with Crippen molar-refractivity contribution in [1.82, 2.24) is 4.98 Å². The zero-order valence-electron chi connectivity index (χ0n) is 18.7. The smallest absolute Gasteiger partial charge is 0.416 e. The third-order valence-electron chi connectivity index (χ3n) is 5.74. The first-order valence-corrected chi connectivity index (χ1v) is 11.0. The molecular weight excluding hydrogens is 496 g/mol. The molecule has 182 valence electrons. The van der Waals surface area contributed by atoms with Crippen molar-refractivity contribution in [2.75, 3.05) is 12.8 Å². The summed E-state index contributed by atoms with van der Waals surface area (Å²) in [6.07, 6.45) is -4.49. The van der Waals surface area contributed by atoms with Crippen molar-refractivity contribution in [3.8, 4) is 39.5 Å². The lowest BCUT2D eigenvalue weighted by atomic mass is 9.96. The molecule has 0 fully saturated rings. The van der Waals surface area contributed by atoms with Crippen LogP contribution in [0.3, 0.4) is 0 Å². The molecule has 0 aliphatic carbocycles. The van der Waals surface area contributed by atoms with Crippen LogP contribution >= 0.6 is 11.6 Å². The molecule has 4 aromatic carbocycles. The van der Waals surface area contributed by atoms with Crippen LogP contribution in [0.1, 0.15) is 5.56 Å². The van der Waals surface area contributed by atoms with Crippen LogP contribution in [0.2, 0.25) is 5.02 Å². The number of anilines is 1. The molecule has 0 amide bonds. The molecule has 5 aromatic rings. The van der Waals surface area contributed by atoms with Gasteiger partial charge in [-0.3, -0.25) is 0 Å². The summed E-state index contributed by atoms with van der Waals surface area (Å²) in [6, 6.07) is 17.9. The normalized spacial score (nSPS) is 11.7. The van der Waals surface area contributed by atoms with Gasteiger partial charge in [-0.05, 0) is 59.7 Å². The van der Waals surface area contributed by atoms with Crippen LogP contribution < -0.4 is 10.5 Å². The number of hydrogen-bond acceptors (Lipinski definition) is 4. The molecule has 9 heteroatoms. The second kappa shape index (κ2) is 8.87. The van der Waals surface area contributed by atoms with Crippen LogP contribution in [-0.2, 0) is 6.18 Å². The van der Waals surface area contributed by atoms with Crippen LogP contribution in [0, 0.1) is 5.82 Å². The summed E-state index contributed by atoms with van der Waals surface area (Å²) in [7, 11) is 1.43. The van der Waals surface area contributed by atoms with E-state index in [9.17, 15) is 17.6 Å². The summed E-state index contributed by atoms with van der Waals surface area (Å²) in [5.41, 5.74) is 8.26. The van der Waals surface area contributed by atoms with Gasteiger partial charge < -0.3 is 14.9 Å². The highest BCUT2D eigenvalue weighted by Crippen LogP contribution is 2.39. The van der Waals surface area contributed by atoms with Crippen LogP contribution in [0.25, 0.3) is 44.8 Å². The number of halogens is 5. The third kappa shape index (κ3) is 4.35. The summed E-state index contributed by atoms with van der Waals surface area (Å²) < 4.78 is 65.3. The van der Waals surface area contributed by atoms with E-state index in [0.29, 0.717) is 44.3 Å². The molecule has 0 saturated carbocycles. The quantitative estimate of drug-likeness (QED) is 0.194. The predicted molar refractivity (Wildman–Crippen MR) is 131 cm³/mol. The maximum atomic E-state index is 15.0. The second-order valence-electron chi connectivity index (χ2n) is 8.05. The lowest BCUT2D eigenvalue weighted by Gasteiger charge is -2.14. The monoisotopic (exact) mass is 512 g/mol. The van der Waals surface area contributed by atoms with E-state index in [1.165, 1.54) is 19.2 Å². The largest absolute Gasteiger partial charge is 0.496 e. The van der Waals surface area contributed by atoms with Gasteiger partial charge >= 0.3 is 6.18 Å². The van der Waals surface area contributed by atoms with Gasteiger partial charge in [0.05, 0.1) is 23.4 Å². The summed E-state index contributed by atoms with van der Waals surface area (Å²) in [4.78, 5) is 4.25. The number of aromatic nitrogens is 1. The van der Waals surface area contributed by atoms with Gasteiger partial charge in [0.2, 0.25) is 5.89 Å². The van der Waals surface area contributed by atoms with Crippen molar-refractivity contribution in [1.29, 1.82) is 0 Å². The van der Waals surface area contributed by atoms with Crippen LogP contribution in [-0.4, -0.2) is 12.1 Å². The number of fused-ring (bicyclic) bond motifs is 1. The molecule has 1 aromatic heterocycles. The highest BCUT2D eigenvalue weighted by Gasteiger charge is 2.31. The Balaban J connectivity index is 1.60. The first-order chi connectivity index (χ1) is 17.1. The van der Waals surface area contributed by atoms with Crippen molar-refractivity contribution in [3.63, 3.8) is 0 Å². The Hall–Kier alpha value is -4.04. The van der Waals surface area contributed by atoms with E-state index in [2.05, 4.69) is 4.98 Å². The summed E-state index contributed by atoms with van der Waals surface area (Å²) in [6.45, 7) is 0. The third-order valence-corrected chi connectivity index (χ3v) is 6.06. The average Bonchev–Trinajstić information content (AvgIpc) is 3.29. The van der Waals surface area contributed by atoms with Gasteiger partial charge in [0.15, 0.2) is 5.58 Å². The fourth-order valence-corrected chi connectivity index (χ4v) is 4.09. The Bertz CT molecular complexity index is 1610. The van der Waals surface area contributed by atoms with Gasteiger partial charge in [-0.25, -0.2) is 9.37 Å². The van der Waals surface area contributed by atoms with Crippen molar-refractivity contribution < 1.29 is 26.7 Å². The predicted octanol–water partition coefficient (Wildman–Crippen LogP) is 8.23. The number of methoxy groups -OCH3 is 1. The SMILES string of the molecule is COc1cc(F)c(-c2ccc(N)c(Cl)c2)cc1-c1cccc(-c2nc3cc(C(F)(F)F)ccc3o2)c1. The van der Waals surface area contributed by atoms with E-state index in [0.717, 1.165) is 12.1 Å². The number of rotatable bonds is 4. The van der Waals surface area contributed by atoms with Gasteiger partial charge in [0.25, 0.3) is 0 Å². The van der Waals surface area contributed by atoms with Crippen LogP contribution in [0.4, 0.5) is 23.2 Å². The zero-order valence-corrected chi connectivity index (χ0v) is 19.4. The number of nitrogen functional groups attached to an aromatic ring is 1. The molecule has 0 atom stereocenters. The fraction of sp³-hybridized carbons (Fsp3) is 0.0741. The minimum atomic E-state index is -4.49. The molecular formula is C27H17ClF4N2O2. The number of nitrogens with two attached hydrogens (primary N) is 1. The molecule has 4 nitrogen and oxygen atoms in total. The molecule has 0 bridgehead atoms. The lowest BCUT2D eigenvalue weighted by Crippen LogP contribution is -2.03. The van der Waals surface area contributed by atoms with E-state index in [-0.39, 0.29) is 17.0 Å². The lowest BCUT2D eigenvalue weighted by molar-refractivity contribution is -0.137. The standard InChI is InChI=1S/C27H17ClF4N2O2/c1-35-25-13-21(29)18(15-5-7-22(33)20(28)10-15)12-19(25)14-3-2-4-16(9-14)26-34-23-11-17(27(30,31)32)6-8-24(23)36-26/h2-13H,33H2,1H3. The zero-order chi connectivity index (χ0) is 25.6. The molecule has 0 aliphatic heterocycles. The molecule has 5 rings (SSSR count). The minimum absolute atomic E-state index is 0.0899. The minimum Gasteiger partial charge on any atom is -0.496 e. The summed E-state index contributed by atoms with van der Waals surface area (Å²) in [5.74, 6) is -0.0628. The molecule has 0 saturated heterocycles. The first kappa shape index (κ1) is 23.7. The van der Waals surface area contributed by atoms with E-state index in [4.69, 9.17) is 26.5 Å². The number of ether oxygens (including phenoxy) is 1. The Labute approximate surface area is 207 Å². The van der Waals surface area contributed by atoms with Gasteiger partial charge in [-0.2, -0.15) is 13.2 Å². The number of nitrogens with zero attached hydrogens (tertiary/aromatic N) is 1. The number of oxazole rings is 1. The van der Waals surface area contributed by atoms with Gasteiger partial charge in [-0.1, -0.05) is 29.8 Å². The van der Waals surface area contributed by atoms with E-state index >= 15 is 0 Å². The Morgan fingerprint density at radius 2 is 1.64 bits per heavy atom. The number of alkyl halides is 3. The molecule has 1 heterocycles. The van der Waals surface area contributed by atoms with Gasteiger partial charge in [0, 0.05) is 22.8 Å². The molecule has 0 aliphatic rings. The average molecular weight is 513 g/mol. The Kier molecular flexibility index (Phi) is 5.84. The molecule has 0 spiro atoms. The van der Waals surface area contributed by atoms with Crippen molar-refractivity contribution >= 4 is 28.4 Å². The second-order valence-corrected chi connectivity index (χ2v) is 8.46. The van der Waals surface area contributed by atoms with Crippen LogP contribution in [0.15, 0.2) is 77.2 Å². The highest BCUT2D eigenvalue weighted by atomic mass is 35.5. The van der Waals surface area contributed by atoms with Gasteiger partial charge in [-0.15, -0.1) is 0 Å². The topological polar surface area (TPSA) is 61.3 Å². The highest BCUT2D eigenvalue weighted by molar-refractivity contribution is 6.33. The number of benzene rings is 4. The van der Waals surface area contributed by atoms with E-state index in [1.54, 1.807) is 48.5 Å². The first-order valence-electron chi connectivity index (χ1n) is 10.7. The Morgan fingerprint density at radius 1 is 0.889 bits per heavy atom. The molecule has 2 N–H and O–H groups in total. The maximum Gasteiger partial charge on any atom is 0.416 e. The van der Waals surface area contributed by atoms with Crippen molar-refractivity contribution in [2.24, 2.45) is 0 Å². The maximum absolute atomic E-state index is 15.0. The molecule has 0 unspecified atom stereocenters. The van der Waals surface area contributed by atoms with Gasteiger partial charge in [0.1, 0.15) is 17.1 Å². The van der Waals surface area contributed by atoms with E-state index in [1.807, 2.05) is 0 Å². The molecule has 0 radical (unpaired) electrons. The summed E-state index contributed by atoms with van der Waals surface area (Å²) in [5, 5.41) is 0.302. The summed E-state index contributed by atoms with van der Waals surface area (Å²) >= 11 is 6.14. The fourth-order valence-electron chi connectivity index (χ4n) is 3.91. The number of hydrogen-bond donors (Lipinski definition) is 1. The van der Waals surface area contributed by atoms with Crippen molar-refractivity contribution in [2.45, 2.75) is 6.18 Å². The molecule has 36 heavy (non-hydrogen) atoms. The van der Waals surface area contributed by atoms with Crippen molar-refractivity contribution in [3.05, 3.63) is 89.2 Å².